The number of sulfone groups is 1. The van der Waals surface area contributed by atoms with Crippen LogP contribution in [0.4, 0.5) is 0 Å². The van der Waals surface area contributed by atoms with Gasteiger partial charge in [-0.2, -0.15) is 0 Å². The van der Waals surface area contributed by atoms with E-state index in [2.05, 4.69) is 12.2 Å². The van der Waals surface area contributed by atoms with Crippen molar-refractivity contribution in [3.05, 3.63) is 29.8 Å². The summed E-state index contributed by atoms with van der Waals surface area (Å²) in [4.78, 5) is 12.0. The molecule has 5 nitrogen and oxygen atoms in total. The van der Waals surface area contributed by atoms with Gasteiger partial charge >= 0.3 is 0 Å². The van der Waals surface area contributed by atoms with Crippen LogP contribution in [0, 0.1) is 5.92 Å². The molecule has 1 heterocycles. The zero-order chi connectivity index (χ0) is 16.7. The summed E-state index contributed by atoms with van der Waals surface area (Å²) in [7, 11) is -3.01. The summed E-state index contributed by atoms with van der Waals surface area (Å²) in [6.07, 6.45) is 3.04. The Kier molecular flexibility index (Phi) is 6.45. The summed E-state index contributed by atoms with van der Waals surface area (Å²) in [6.45, 7) is 3.32. The van der Waals surface area contributed by atoms with E-state index in [0.29, 0.717) is 19.6 Å². The van der Waals surface area contributed by atoms with Crippen LogP contribution in [0.25, 0.3) is 0 Å². The van der Waals surface area contributed by atoms with Crippen molar-refractivity contribution in [1.82, 2.24) is 5.32 Å². The molecule has 1 aliphatic heterocycles. The number of para-hydroxylation sites is 1. The molecule has 1 aliphatic rings. The average molecular weight is 339 g/mol. The number of aryl methyl sites for hydroxylation is 1. The molecule has 1 amide bonds. The summed E-state index contributed by atoms with van der Waals surface area (Å²) in [5.41, 5.74) is 1.14. The SMILES string of the molecule is CCCOc1ccccc1CCCNC(=O)[C@H]1CCS(=O)(=O)C1. The number of carbonyl (C=O) groups excluding carboxylic acids is 1. The third-order valence-corrected chi connectivity index (χ3v) is 5.73. The first-order valence-electron chi connectivity index (χ1n) is 8.20. The zero-order valence-electron chi connectivity index (χ0n) is 13.6. The van der Waals surface area contributed by atoms with Crippen molar-refractivity contribution in [1.29, 1.82) is 0 Å². The van der Waals surface area contributed by atoms with Gasteiger partial charge in [-0.25, -0.2) is 8.42 Å². The molecule has 0 spiro atoms. The summed E-state index contributed by atoms with van der Waals surface area (Å²) < 4.78 is 28.5. The number of amides is 1. The second-order valence-electron chi connectivity index (χ2n) is 5.95. The molecule has 0 radical (unpaired) electrons. The lowest BCUT2D eigenvalue weighted by Gasteiger charge is -2.12. The summed E-state index contributed by atoms with van der Waals surface area (Å²) in [5, 5.41) is 2.85. The first kappa shape index (κ1) is 17.8. The van der Waals surface area contributed by atoms with Gasteiger partial charge in [-0.05, 0) is 37.3 Å². The Bertz CT molecular complexity index is 627. The second-order valence-corrected chi connectivity index (χ2v) is 8.18. The Labute approximate surface area is 138 Å². The van der Waals surface area contributed by atoms with Gasteiger partial charge in [0.15, 0.2) is 9.84 Å². The third kappa shape index (κ3) is 5.53. The van der Waals surface area contributed by atoms with E-state index in [9.17, 15) is 13.2 Å². The van der Waals surface area contributed by atoms with Crippen molar-refractivity contribution in [3.63, 3.8) is 0 Å². The molecular formula is C17H25NO4S. The minimum Gasteiger partial charge on any atom is -0.493 e. The highest BCUT2D eigenvalue weighted by Gasteiger charge is 2.32. The van der Waals surface area contributed by atoms with Crippen LogP contribution in [-0.2, 0) is 21.1 Å². The fourth-order valence-electron chi connectivity index (χ4n) is 2.70. The number of rotatable bonds is 8. The van der Waals surface area contributed by atoms with Crippen molar-refractivity contribution in [2.75, 3.05) is 24.7 Å². The van der Waals surface area contributed by atoms with Crippen LogP contribution in [0.5, 0.6) is 5.75 Å². The van der Waals surface area contributed by atoms with Crippen molar-refractivity contribution in [3.8, 4) is 5.75 Å². The van der Waals surface area contributed by atoms with Crippen LogP contribution in [0.1, 0.15) is 31.7 Å². The number of benzene rings is 1. The number of hydrogen-bond acceptors (Lipinski definition) is 4. The zero-order valence-corrected chi connectivity index (χ0v) is 14.4. The maximum absolute atomic E-state index is 12.0. The first-order chi connectivity index (χ1) is 11.0. The molecule has 128 valence electrons. The summed E-state index contributed by atoms with van der Waals surface area (Å²) >= 11 is 0. The smallest absolute Gasteiger partial charge is 0.224 e. The van der Waals surface area contributed by atoms with E-state index in [1.165, 1.54) is 0 Å². The van der Waals surface area contributed by atoms with Gasteiger partial charge in [0.1, 0.15) is 5.75 Å². The minimum absolute atomic E-state index is 0.00742. The quantitative estimate of drug-likeness (QED) is 0.735. The molecule has 0 unspecified atom stereocenters. The highest BCUT2D eigenvalue weighted by molar-refractivity contribution is 7.91. The van der Waals surface area contributed by atoms with Gasteiger partial charge in [0.2, 0.25) is 5.91 Å². The molecule has 2 rings (SSSR count). The van der Waals surface area contributed by atoms with Crippen molar-refractivity contribution in [2.45, 2.75) is 32.6 Å². The standard InChI is InChI=1S/C17H25NO4S/c1-2-11-22-16-8-4-3-6-14(16)7-5-10-18-17(19)15-9-12-23(20,21)13-15/h3-4,6,8,15H,2,5,7,9-13H2,1H3,(H,18,19)/t15-/m0/s1. The van der Waals surface area contributed by atoms with E-state index >= 15 is 0 Å². The van der Waals surface area contributed by atoms with Gasteiger partial charge in [-0.1, -0.05) is 25.1 Å². The van der Waals surface area contributed by atoms with Crippen molar-refractivity contribution >= 4 is 15.7 Å². The van der Waals surface area contributed by atoms with Gasteiger partial charge < -0.3 is 10.1 Å². The predicted octanol–water partition coefficient (Wildman–Crippen LogP) is 1.96. The van der Waals surface area contributed by atoms with E-state index in [-0.39, 0.29) is 23.3 Å². The largest absolute Gasteiger partial charge is 0.493 e. The Morgan fingerprint density at radius 2 is 2.13 bits per heavy atom. The molecule has 1 atom stereocenters. The normalized spacial score (nSPS) is 19.4. The number of nitrogens with one attached hydrogen (secondary N) is 1. The van der Waals surface area contributed by atoms with E-state index in [0.717, 1.165) is 30.6 Å². The highest BCUT2D eigenvalue weighted by Crippen LogP contribution is 2.20. The van der Waals surface area contributed by atoms with E-state index in [4.69, 9.17) is 4.74 Å². The Morgan fingerprint density at radius 1 is 1.35 bits per heavy atom. The molecule has 0 bridgehead atoms. The van der Waals surface area contributed by atoms with Crippen LogP contribution in [0.3, 0.4) is 0 Å². The van der Waals surface area contributed by atoms with Gasteiger partial charge in [-0.15, -0.1) is 0 Å². The molecule has 23 heavy (non-hydrogen) atoms. The Hall–Kier alpha value is -1.56. The Morgan fingerprint density at radius 3 is 2.83 bits per heavy atom. The monoisotopic (exact) mass is 339 g/mol. The molecule has 0 aliphatic carbocycles. The number of hydrogen-bond donors (Lipinski definition) is 1. The molecule has 6 heteroatoms. The van der Waals surface area contributed by atoms with E-state index in [1.807, 2.05) is 24.3 Å². The summed E-state index contributed by atoms with van der Waals surface area (Å²) in [6, 6.07) is 7.94. The van der Waals surface area contributed by atoms with E-state index in [1.54, 1.807) is 0 Å². The van der Waals surface area contributed by atoms with Crippen LogP contribution < -0.4 is 10.1 Å². The van der Waals surface area contributed by atoms with Crippen LogP contribution in [0.2, 0.25) is 0 Å². The lowest BCUT2D eigenvalue weighted by atomic mass is 10.1. The van der Waals surface area contributed by atoms with Gasteiger partial charge in [0.25, 0.3) is 0 Å². The topological polar surface area (TPSA) is 72.5 Å². The maximum Gasteiger partial charge on any atom is 0.224 e. The van der Waals surface area contributed by atoms with Gasteiger partial charge in [0, 0.05) is 6.54 Å². The average Bonchev–Trinajstić information content (AvgIpc) is 2.90. The van der Waals surface area contributed by atoms with Gasteiger partial charge in [0.05, 0.1) is 24.0 Å². The molecule has 1 fully saturated rings. The molecular weight excluding hydrogens is 314 g/mol. The minimum atomic E-state index is -3.01. The molecule has 0 saturated carbocycles. The maximum atomic E-state index is 12.0. The lowest BCUT2D eigenvalue weighted by molar-refractivity contribution is -0.124. The first-order valence-corrected chi connectivity index (χ1v) is 10.0. The lowest BCUT2D eigenvalue weighted by Crippen LogP contribution is -2.32. The fraction of sp³-hybridized carbons (Fsp3) is 0.588. The fourth-order valence-corrected chi connectivity index (χ4v) is 4.44. The molecule has 1 aromatic carbocycles. The molecule has 1 saturated heterocycles. The molecule has 1 aromatic rings. The van der Waals surface area contributed by atoms with Crippen molar-refractivity contribution < 1.29 is 17.9 Å². The van der Waals surface area contributed by atoms with E-state index < -0.39 is 9.84 Å². The van der Waals surface area contributed by atoms with Gasteiger partial charge in [-0.3, -0.25) is 4.79 Å². The molecule has 1 N–H and O–H groups in total. The molecule has 0 aromatic heterocycles. The second kappa shape index (κ2) is 8.34. The van der Waals surface area contributed by atoms with Crippen LogP contribution in [-0.4, -0.2) is 39.0 Å². The number of ether oxygens (including phenoxy) is 1. The predicted molar refractivity (Wildman–Crippen MR) is 90.3 cm³/mol. The Balaban J connectivity index is 1.74. The summed E-state index contributed by atoms with van der Waals surface area (Å²) in [5.74, 6) is 0.518. The van der Waals surface area contributed by atoms with Crippen LogP contribution >= 0.6 is 0 Å². The van der Waals surface area contributed by atoms with Crippen molar-refractivity contribution in [2.24, 2.45) is 5.92 Å². The van der Waals surface area contributed by atoms with Crippen LogP contribution in [0.15, 0.2) is 24.3 Å². The third-order valence-electron chi connectivity index (χ3n) is 3.96. The highest BCUT2D eigenvalue weighted by atomic mass is 32.2. The number of carbonyl (C=O) groups is 1.